The van der Waals surface area contributed by atoms with Gasteiger partial charge in [-0.3, -0.25) is 0 Å². The molecule has 0 aliphatic rings. The molecule has 0 fully saturated rings. The predicted molar refractivity (Wildman–Crippen MR) is 71.9 cm³/mol. The topological polar surface area (TPSA) is 37.8 Å². The molecule has 17 heavy (non-hydrogen) atoms. The minimum Gasteiger partial charge on any atom is -0.340 e. The molecule has 1 aromatic carbocycles. The lowest BCUT2D eigenvalue weighted by atomic mass is 10.2. The number of para-hydroxylation sites is 1. The van der Waals surface area contributed by atoms with Crippen LogP contribution in [0.15, 0.2) is 49.8 Å². The van der Waals surface area contributed by atoms with Crippen LogP contribution in [-0.4, -0.2) is 9.97 Å². The molecule has 0 radical (unpaired) electrons. The number of rotatable bonds is 4. The van der Waals surface area contributed by atoms with Crippen molar-refractivity contribution in [3.8, 4) is 0 Å². The second-order valence-electron chi connectivity index (χ2n) is 3.42. The Morgan fingerprint density at radius 1 is 1.00 bits per heavy atom. The summed E-state index contributed by atoms with van der Waals surface area (Å²) in [6.07, 6.45) is 4.92. The molecule has 2 aromatic rings. The quantitative estimate of drug-likeness (QED) is 0.861. The fourth-order valence-corrected chi connectivity index (χ4v) is 1.53. The molecule has 2 rings (SSSR count). The van der Waals surface area contributed by atoms with Crippen LogP contribution in [0.4, 0.5) is 11.5 Å². The van der Waals surface area contributed by atoms with Gasteiger partial charge in [0.05, 0.1) is 5.69 Å². The summed E-state index contributed by atoms with van der Waals surface area (Å²) in [5.41, 5.74) is 2.60. The zero-order valence-electron chi connectivity index (χ0n) is 9.43. The number of nitrogens with one attached hydrogen (secondary N) is 1. The van der Waals surface area contributed by atoms with Crippen molar-refractivity contribution >= 4 is 23.7 Å². The van der Waals surface area contributed by atoms with Gasteiger partial charge in [0.1, 0.15) is 12.1 Å². The van der Waals surface area contributed by atoms with E-state index in [1.54, 1.807) is 12.2 Å². The van der Waals surface area contributed by atoms with Crippen molar-refractivity contribution in [2.75, 3.05) is 5.32 Å². The summed E-state index contributed by atoms with van der Waals surface area (Å²) < 4.78 is 0. The van der Waals surface area contributed by atoms with Gasteiger partial charge in [-0.25, -0.2) is 9.97 Å². The van der Waals surface area contributed by atoms with E-state index in [1.165, 1.54) is 6.33 Å². The van der Waals surface area contributed by atoms with Crippen LogP contribution in [0.1, 0.15) is 11.3 Å². The highest BCUT2D eigenvalue weighted by Gasteiger charge is 2.05. The molecule has 0 saturated heterocycles. The Bertz CT molecular complexity index is 532. The molecular weight excluding hydrogens is 210 g/mol. The summed E-state index contributed by atoms with van der Waals surface area (Å²) in [6.45, 7) is 7.50. The van der Waals surface area contributed by atoms with Crippen molar-refractivity contribution in [2.24, 2.45) is 0 Å². The summed E-state index contributed by atoms with van der Waals surface area (Å²) >= 11 is 0. The number of hydrogen-bond acceptors (Lipinski definition) is 3. The Labute approximate surface area is 101 Å². The van der Waals surface area contributed by atoms with Gasteiger partial charge >= 0.3 is 0 Å². The van der Waals surface area contributed by atoms with Crippen molar-refractivity contribution in [2.45, 2.75) is 0 Å². The molecule has 1 N–H and O–H groups in total. The molecular formula is C14H13N3. The first-order chi connectivity index (χ1) is 8.35. The monoisotopic (exact) mass is 223 g/mol. The van der Waals surface area contributed by atoms with E-state index >= 15 is 0 Å². The van der Waals surface area contributed by atoms with Crippen molar-refractivity contribution in [1.82, 2.24) is 9.97 Å². The van der Waals surface area contributed by atoms with Crippen molar-refractivity contribution in [3.05, 3.63) is 61.1 Å². The van der Waals surface area contributed by atoms with Crippen LogP contribution in [0.3, 0.4) is 0 Å². The SMILES string of the molecule is C=Cc1ncnc(Nc2ccccc2)c1C=C. The highest BCUT2D eigenvalue weighted by atomic mass is 15.0. The smallest absolute Gasteiger partial charge is 0.141 e. The third-order valence-corrected chi connectivity index (χ3v) is 2.35. The number of hydrogen-bond donors (Lipinski definition) is 1. The zero-order chi connectivity index (χ0) is 12.1. The van der Waals surface area contributed by atoms with E-state index in [0.717, 1.165) is 22.8 Å². The average molecular weight is 223 g/mol. The van der Waals surface area contributed by atoms with Crippen LogP contribution in [0.5, 0.6) is 0 Å². The third-order valence-electron chi connectivity index (χ3n) is 2.35. The first-order valence-corrected chi connectivity index (χ1v) is 5.27. The molecule has 84 valence electrons. The summed E-state index contributed by atoms with van der Waals surface area (Å²) in [7, 11) is 0. The van der Waals surface area contributed by atoms with Gasteiger partial charge in [0.2, 0.25) is 0 Å². The van der Waals surface area contributed by atoms with Gasteiger partial charge in [0.25, 0.3) is 0 Å². The predicted octanol–water partition coefficient (Wildman–Crippen LogP) is 3.51. The Morgan fingerprint density at radius 2 is 1.76 bits per heavy atom. The molecule has 0 amide bonds. The lowest BCUT2D eigenvalue weighted by Crippen LogP contribution is -1.99. The van der Waals surface area contributed by atoms with Crippen LogP contribution < -0.4 is 5.32 Å². The summed E-state index contributed by atoms with van der Waals surface area (Å²) in [5.74, 6) is 0.732. The lowest BCUT2D eigenvalue weighted by molar-refractivity contribution is 1.14. The van der Waals surface area contributed by atoms with E-state index < -0.39 is 0 Å². The van der Waals surface area contributed by atoms with E-state index in [4.69, 9.17) is 0 Å². The molecule has 0 bridgehead atoms. The fraction of sp³-hybridized carbons (Fsp3) is 0. The molecule has 0 atom stereocenters. The number of aromatic nitrogens is 2. The van der Waals surface area contributed by atoms with E-state index in [0.29, 0.717) is 0 Å². The van der Waals surface area contributed by atoms with Gasteiger partial charge in [-0.15, -0.1) is 0 Å². The van der Waals surface area contributed by atoms with Crippen LogP contribution in [0.2, 0.25) is 0 Å². The maximum Gasteiger partial charge on any atom is 0.141 e. The zero-order valence-corrected chi connectivity index (χ0v) is 9.43. The first kappa shape index (κ1) is 11.1. The number of benzene rings is 1. The Morgan fingerprint density at radius 3 is 2.41 bits per heavy atom. The van der Waals surface area contributed by atoms with Gasteiger partial charge in [0, 0.05) is 11.3 Å². The minimum atomic E-state index is 0.732. The van der Waals surface area contributed by atoms with Gasteiger partial charge in [-0.1, -0.05) is 37.4 Å². The summed E-state index contributed by atoms with van der Waals surface area (Å²) in [5, 5.41) is 3.23. The average Bonchev–Trinajstić information content (AvgIpc) is 2.39. The summed E-state index contributed by atoms with van der Waals surface area (Å²) in [4.78, 5) is 8.34. The Balaban J connectivity index is 2.39. The van der Waals surface area contributed by atoms with Gasteiger partial charge in [-0.05, 0) is 18.2 Å². The van der Waals surface area contributed by atoms with Crippen LogP contribution in [0, 0.1) is 0 Å². The first-order valence-electron chi connectivity index (χ1n) is 5.27. The molecule has 0 aliphatic heterocycles. The van der Waals surface area contributed by atoms with Gasteiger partial charge < -0.3 is 5.32 Å². The molecule has 0 saturated carbocycles. The minimum absolute atomic E-state index is 0.732. The molecule has 1 aromatic heterocycles. The fourth-order valence-electron chi connectivity index (χ4n) is 1.53. The molecule has 0 spiro atoms. The van der Waals surface area contributed by atoms with Crippen LogP contribution >= 0.6 is 0 Å². The normalized spacial score (nSPS) is 9.65. The second kappa shape index (κ2) is 5.07. The molecule has 3 nitrogen and oxygen atoms in total. The van der Waals surface area contributed by atoms with Crippen molar-refractivity contribution in [3.63, 3.8) is 0 Å². The van der Waals surface area contributed by atoms with Crippen LogP contribution in [-0.2, 0) is 0 Å². The Kier molecular flexibility index (Phi) is 3.31. The van der Waals surface area contributed by atoms with E-state index in [2.05, 4.69) is 28.4 Å². The lowest BCUT2D eigenvalue weighted by Gasteiger charge is -2.09. The standard InChI is InChI=1S/C14H13N3/c1-3-12-13(4-2)15-10-16-14(12)17-11-8-6-5-7-9-11/h3-10H,1-2H2,(H,15,16,17). The molecule has 0 aliphatic carbocycles. The highest BCUT2D eigenvalue weighted by Crippen LogP contribution is 2.21. The Hall–Kier alpha value is -2.42. The van der Waals surface area contributed by atoms with Crippen LogP contribution in [0.25, 0.3) is 12.2 Å². The number of anilines is 2. The third kappa shape index (κ3) is 2.39. The summed E-state index contributed by atoms with van der Waals surface area (Å²) in [6, 6.07) is 9.84. The van der Waals surface area contributed by atoms with E-state index in [1.807, 2.05) is 30.3 Å². The van der Waals surface area contributed by atoms with Gasteiger partial charge in [-0.2, -0.15) is 0 Å². The van der Waals surface area contributed by atoms with Gasteiger partial charge in [0.15, 0.2) is 0 Å². The maximum atomic E-state index is 4.21. The van der Waals surface area contributed by atoms with E-state index in [-0.39, 0.29) is 0 Å². The number of nitrogens with zero attached hydrogens (tertiary/aromatic N) is 2. The largest absolute Gasteiger partial charge is 0.340 e. The second-order valence-corrected chi connectivity index (χ2v) is 3.42. The maximum absolute atomic E-state index is 4.21. The molecule has 0 unspecified atom stereocenters. The van der Waals surface area contributed by atoms with Crippen molar-refractivity contribution in [1.29, 1.82) is 0 Å². The van der Waals surface area contributed by atoms with Crippen molar-refractivity contribution < 1.29 is 0 Å². The molecule has 3 heteroatoms. The molecule has 1 heterocycles. The van der Waals surface area contributed by atoms with E-state index in [9.17, 15) is 0 Å². The highest BCUT2D eigenvalue weighted by molar-refractivity contribution is 5.73.